The molecule has 0 saturated heterocycles. The summed E-state index contributed by atoms with van der Waals surface area (Å²) in [6, 6.07) is 5.99. The number of aryl methyl sites for hydroxylation is 1. The molecule has 1 unspecified atom stereocenters. The molecular weight excluding hydrogens is 236 g/mol. The minimum absolute atomic E-state index is 0.0438. The highest BCUT2D eigenvalue weighted by Gasteiger charge is 2.18. The molecule has 2 heterocycles. The number of nitrogens with one attached hydrogen (secondary N) is 1. The van der Waals surface area contributed by atoms with Gasteiger partial charge in [0.1, 0.15) is 5.82 Å². The zero-order valence-corrected chi connectivity index (χ0v) is 11.4. The first kappa shape index (κ1) is 13.5. The molecule has 0 aliphatic rings. The number of anilines is 1. The number of pyridine rings is 2. The number of hydrogen-bond donors (Lipinski definition) is 2. The number of aromatic nitrogens is 2. The van der Waals surface area contributed by atoms with Crippen LogP contribution >= 0.6 is 0 Å². The van der Waals surface area contributed by atoms with E-state index in [1.54, 1.807) is 6.20 Å². The molecule has 0 aromatic carbocycles. The quantitative estimate of drug-likeness (QED) is 0.862. The van der Waals surface area contributed by atoms with Crippen molar-refractivity contribution >= 4 is 5.82 Å². The summed E-state index contributed by atoms with van der Waals surface area (Å²) >= 11 is 0. The van der Waals surface area contributed by atoms with Crippen LogP contribution in [0.3, 0.4) is 0 Å². The summed E-state index contributed by atoms with van der Waals surface area (Å²) in [7, 11) is 0. The molecule has 2 rings (SSSR count). The molecule has 0 bridgehead atoms. The topological polar surface area (TPSA) is 63.8 Å². The number of rotatable bonds is 5. The van der Waals surface area contributed by atoms with Gasteiger partial charge in [-0.25, -0.2) is 4.98 Å². The van der Waals surface area contributed by atoms with Gasteiger partial charge in [0.25, 0.3) is 0 Å². The molecule has 2 aromatic rings. The van der Waals surface area contributed by atoms with Gasteiger partial charge in [-0.1, -0.05) is 13.0 Å². The van der Waals surface area contributed by atoms with Crippen molar-refractivity contribution in [3.8, 4) is 0 Å². The summed E-state index contributed by atoms with van der Waals surface area (Å²) in [5.74, 6) is 0.569. The molecule has 19 heavy (non-hydrogen) atoms. The lowest BCUT2D eigenvalue weighted by molar-refractivity contribution is 0.594. The van der Waals surface area contributed by atoms with E-state index in [2.05, 4.69) is 29.1 Å². The van der Waals surface area contributed by atoms with Crippen LogP contribution in [0.15, 0.2) is 36.8 Å². The van der Waals surface area contributed by atoms with Crippen molar-refractivity contribution in [2.75, 3.05) is 12.3 Å². The zero-order chi connectivity index (χ0) is 13.7. The second-order valence-electron chi connectivity index (χ2n) is 4.60. The van der Waals surface area contributed by atoms with E-state index in [9.17, 15) is 0 Å². The van der Waals surface area contributed by atoms with E-state index in [-0.39, 0.29) is 6.04 Å². The highest BCUT2D eigenvalue weighted by atomic mass is 14.9. The van der Waals surface area contributed by atoms with Gasteiger partial charge in [0.2, 0.25) is 0 Å². The van der Waals surface area contributed by atoms with Crippen molar-refractivity contribution in [2.45, 2.75) is 26.3 Å². The molecule has 4 heteroatoms. The largest absolute Gasteiger partial charge is 0.383 e. The maximum atomic E-state index is 6.01. The summed E-state index contributed by atoms with van der Waals surface area (Å²) in [6.45, 7) is 5.16. The molecule has 0 amide bonds. The smallest absolute Gasteiger partial charge is 0.128 e. The van der Waals surface area contributed by atoms with Gasteiger partial charge >= 0.3 is 0 Å². The number of hydrogen-bond acceptors (Lipinski definition) is 4. The molecule has 1 atom stereocenters. The van der Waals surface area contributed by atoms with Crippen molar-refractivity contribution in [3.05, 3.63) is 53.5 Å². The molecule has 3 N–H and O–H groups in total. The Morgan fingerprint density at radius 3 is 2.79 bits per heavy atom. The van der Waals surface area contributed by atoms with Crippen molar-refractivity contribution in [1.29, 1.82) is 0 Å². The molecule has 0 spiro atoms. The first-order valence-corrected chi connectivity index (χ1v) is 6.58. The molecule has 100 valence electrons. The summed E-state index contributed by atoms with van der Waals surface area (Å²) in [5, 5.41) is 3.52. The fourth-order valence-corrected chi connectivity index (χ4v) is 2.13. The Hall–Kier alpha value is -1.94. The fraction of sp³-hybridized carbons (Fsp3) is 0.333. The second-order valence-corrected chi connectivity index (χ2v) is 4.60. The van der Waals surface area contributed by atoms with Gasteiger partial charge in [0.15, 0.2) is 0 Å². The van der Waals surface area contributed by atoms with Crippen LogP contribution in [0.25, 0.3) is 0 Å². The van der Waals surface area contributed by atoms with E-state index < -0.39 is 0 Å². The summed E-state index contributed by atoms with van der Waals surface area (Å²) in [4.78, 5) is 8.41. The van der Waals surface area contributed by atoms with Crippen LogP contribution in [0, 0.1) is 6.92 Å². The first-order valence-electron chi connectivity index (χ1n) is 6.58. The van der Waals surface area contributed by atoms with Crippen LogP contribution in [-0.2, 0) is 0 Å². The normalized spacial score (nSPS) is 12.3. The third-order valence-electron chi connectivity index (χ3n) is 3.17. The predicted molar refractivity (Wildman–Crippen MR) is 77.8 cm³/mol. The average molecular weight is 256 g/mol. The van der Waals surface area contributed by atoms with E-state index >= 15 is 0 Å². The third-order valence-corrected chi connectivity index (χ3v) is 3.17. The van der Waals surface area contributed by atoms with Crippen molar-refractivity contribution in [2.24, 2.45) is 0 Å². The van der Waals surface area contributed by atoms with Crippen LogP contribution in [0.1, 0.15) is 36.1 Å². The lowest BCUT2D eigenvalue weighted by Crippen LogP contribution is -2.25. The Bertz CT molecular complexity index is 494. The molecule has 0 aliphatic carbocycles. The Balaban J connectivity index is 2.42. The highest BCUT2D eigenvalue weighted by Crippen LogP contribution is 2.26. The second kappa shape index (κ2) is 6.29. The number of nitrogens with two attached hydrogens (primary N) is 1. The molecule has 4 nitrogen and oxygen atoms in total. The Morgan fingerprint density at radius 1 is 1.26 bits per heavy atom. The van der Waals surface area contributed by atoms with E-state index in [4.69, 9.17) is 5.73 Å². The minimum atomic E-state index is 0.0438. The van der Waals surface area contributed by atoms with Gasteiger partial charge in [-0.3, -0.25) is 4.98 Å². The van der Waals surface area contributed by atoms with Crippen LogP contribution in [0.4, 0.5) is 5.82 Å². The molecule has 0 fully saturated rings. The Morgan fingerprint density at radius 2 is 2.11 bits per heavy atom. The summed E-state index contributed by atoms with van der Waals surface area (Å²) in [5.41, 5.74) is 9.37. The fourth-order valence-electron chi connectivity index (χ4n) is 2.13. The van der Waals surface area contributed by atoms with Gasteiger partial charge in [-0.05, 0) is 43.1 Å². The average Bonchev–Trinajstić information content (AvgIpc) is 2.42. The number of nitrogens with zero attached hydrogens (tertiary/aromatic N) is 2. The van der Waals surface area contributed by atoms with Gasteiger partial charge in [0.05, 0.1) is 6.04 Å². The molecular formula is C15H20N4. The Labute approximate surface area is 114 Å². The van der Waals surface area contributed by atoms with E-state index in [1.807, 2.05) is 30.6 Å². The van der Waals surface area contributed by atoms with Gasteiger partial charge in [-0.2, -0.15) is 0 Å². The van der Waals surface area contributed by atoms with Gasteiger partial charge in [0, 0.05) is 24.2 Å². The van der Waals surface area contributed by atoms with E-state index in [0.29, 0.717) is 5.82 Å². The molecule has 0 saturated carbocycles. The standard InChI is InChI=1S/C15H20N4/c1-3-7-18-14(12-5-4-8-19-15(12)16)13-10-17-9-6-11(13)2/h4-6,8-10,14,18H,3,7H2,1-2H3,(H2,16,19). The van der Waals surface area contributed by atoms with Crippen LogP contribution in [0.2, 0.25) is 0 Å². The number of nitrogen functional groups attached to an aromatic ring is 1. The molecule has 2 aromatic heterocycles. The third kappa shape index (κ3) is 3.09. The molecule has 0 aliphatic heterocycles. The van der Waals surface area contributed by atoms with Crippen molar-refractivity contribution in [3.63, 3.8) is 0 Å². The zero-order valence-electron chi connectivity index (χ0n) is 11.4. The first-order chi connectivity index (χ1) is 9.24. The lowest BCUT2D eigenvalue weighted by Gasteiger charge is -2.21. The van der Waals surface area contributed by atoms with E-state index in [0.717, 1.165) is 24.1 Å². The maximum Gasteiger partial charge on any atom is 0.128 e. The SMILES string of the molecule is CCCNC(c1cnccc1C)c1cccnc1N. The van der Waals surface area contributed by atoms with Crippen molar-refractivity contribution < 1.29 is 0 Å². The predicted octanol–water partition coefficient (Wildman–Crippen LogP) is 2.46. The summed E-state index contributed by atoms with van der Waals surface area (Å²) < 4.78 is 0. The summed E-state index contributed by atoms with van der Waals surface area (Å²) in [6.07, 6.45) is 6.49. The van der Waals surface area contributed by atoms with E-state index in [1.165, 1.54) is 5.56 Å². The van der Waals surface area contributed by atoms with Gasteiger partial charge < -0.3 is 11.1 Å². The van der Waals surface area contributed by atoms with Crippen molar-refractivity contribution in [1.82, 2.24) is 15.3 Å². The highest BCUT2D eigenvalue weighted by molar-refractivity contribution is 5.46. The van der Waals surface area contributed by atoms with Crippen LogP contribution in [0.5, 0.6) is 0 Å². The molecule has 0 radical (unpaired) electrons. The van der Waals surface area contributed by atoms with Gasteiger partial charge in [-0.15, -0.1) is 0 Å². The minimum Gasteiger partial charge on any atom is -0.383 e. The maximum absolute atomic E-state index is 6.01. The monoisotopic (exact) mass is 256 g/mol. The Kier molecular flexibility index (Phi) is 4.47. The lowest BCUT2D eigenvalue weighted by atomic mass is 9.97. The van der Waals surface area contributed by atoms with Crippen LogP contribution < -0.4 is 11.1 Å². The van der Waals surface area contributed by atoms with Crippen LogP contribution in [-0.4, -0.2) is 16.5 Å².